The number of aryl methyl sites for hydroxylation is 1. The number of likely N-dealkylation sites (tertiary alicyclic amines) is 1. The fourth-order valence-electron chi connectivity index (χ4n) is 5.31. The Morgan fingerprint density at radius 1 is 1.11 bits per heavy atom. The Kier molecular flexibility index (Phi) is 8.39. The van der Waals surface area contributed by atoms with Crippen molar-refractivity contribution in [1.29, 1.82) is 0 Å². The molecule has 0 radical (unpaired) electrons. The second-order valence-corrected chi connectivity index (χ2v) is 9.58. The van der Waals surface area contributed by atoms with E-state index in [9.17, 15) is 22.8 Å². The van der Waals surface area contributed by atoms with E-state index in [0.717, 1.165) is 62.5 Å². The molecule has 1 aromatic heterocycles. The van der Waals surface area contributed by atoms with Gasteiger partial charge in [-0.05, 0) is 50.5 Å². The summed E-state index contributed by atoms with van der Waals surface area (Å²) in [6, 6.07) is 5.73. The molecule has 2 saturated heterocycles. The molecule has 0 saturated carbocycles. The molecule has 206 valence electrons. The van der Waals surface area contributed by atoms with Crippen LogP contribution in [0, 0.1) is 6.92 Å². The average molecular weight is 535 g/mol. The van der Waals surface area contributed by atoms with Crippen LogP contribution in [-0.4, -0.2) is 89.8 Å². The van der Waals surface area contributed by atoms with Crippen molar-refractivity contribution in [3.63, 3.8) is 0 Å². The second-order valence-electron chi connectivity index (χ2n) is 9.58. The van der Waals surface area contributed by atoms with Crippen LogP contribution in [0.25, 0.3) is 0 Å². The molecule has 2 fully saturated rings. The number of benzene rings is 1. The number of hydrogen-bond donors (Lipinski definition) is 1. The number of amides is 2. The van der Waals surface area contributed by atoms with Gasteiger partial charge in [0.15, 0.2) is 0 Å². The van der Waals surface area contributed by atoms with Crippen LogP contribution in [0.3, 0.4) is 0 Å². The zero-order valence-electron chi connectivity index (χ0n) is 21.8. The smallest absolute Gasteiger partial charge is 0.406 e. The van der Waals surface area contributed by atoms with Gasteiger partial charge < -0.3 is 19.9 Å². The van der Waals surface area contributed by atoms with Gasteiger partial charge in [-0.2, -0.15) is 0 Å². The van der Waals surface area contributed by atoms with Crippen molar-refractivity contribution in [1.82, 2.24) is 25.1 Å². The summed E-state index contributed by atoms with van der Waals surface area (Å²) < 4.78 is 41.1. The SMILES string of the molecule is CC[C@H]1CN(c2ncc(C(=O)NC)nc2C)CCN1C1CCN(C(=O)c2ccc(OC(F)(F)F)cc2)CC1. The Morgan fingerprint density at radius 2 is 1.79 bits per heavy atom. The summed E-state index contributed by atoms with van der Waals surface area (Å²) in [5.41, 5.74) is 1.36. The van der Waals surface area contributed by atoms with Gasteiger partial charge in [-0.25, -0.2) is 9.97 Å². The summed E-state index contributed by atoms with van der Waals surface area (Å²) in [5, 5.41) is 2.57. The van der Waals surface area contributed by atoms with Gasteiger partial charge in [0.1, 0.15) is 17.3 Å². The molecule has 2 aromatic rings. The van der Waals surface area contributed by atoms with Gasteiger partial charge in [-0.1, -0.05) is 6.92 Å². The van der Waals surface area contributed by atoms with Gasteiger partial charge in [0.25, 0.3) is 11.8 Å². The quantitative estimate of drug-likeness (QED) is 0.609. The first-order chi connectivity index (χ1) is 18.1. The number of piperazine rings is 1. The molecule has 0 spiro atoms. The average Bonchev–Trinajstić information content (AvgIpc) is 2.91. The lowest BCUT2D eigenvalue weighted by Gasteiger charge is -2.47. The number of nitrogens with one attached hydrogen (secondary N) is 1. The molecule has 1 aromatic carbocycles. The van der Waals surface area contributed by atoms with Crippen molar-refractivity contribution in [3.8, 4) is 5.75 Å². The van der Waals surface area contributed by atoms with Crippen LogP contribution in [0.15, 0.2) is 30.5 Å². The van der Waals surface area contributed by atoms with E-state index in [2.05, 4.69) is 36.7 Å². The minimum absolute atomic E-state index is 0.187. The second kappa shape index (κ2) is 11.5. The Bertz CT molecular complexity index is 1140. The first kappa shape index (κ1) is 27.6. The van der Waals surface area contributed by atoms with Gasteiger partial charge in [0, 0.05) is 57.4 Å². The number of aromatic nitrogens is 2. The number of piperidine rings is 1. The summed E-state index contributed by atoms with van der Waals surface area (Å²) in [5.74, 6) is -0.00209. The molecule has 38 heavy (non-hydrogen) atoms. The van der Waals surface area contributed by atoms with Gasteiger partial charge >= 0.3 is 6.36 Å². The van der Waals surface area contributed by atoms with Crippen molar-refractivity contribution in [2.45, 2.75) is 51.6 Å². The number of carbonyl (C=O) groups is 2. The lowest BCUT2D eigenvalue weighted by Crippen LogP contribution is -2.59. The first-order valence-electron chi connectivity index (χ1n) is 12.8. The van der Waals surface area contributed by atoms with Crippen LogP contribution in [0.1, 0.15) is 52.7 Å². The maximum Gasteiger partial charge on any atom is 0.573 e. The zero-order chi connectivity index (χ0) is 27.4. The summed E-state index contributed by atoms with van der Waals surface area (Å²) in [6.45, 7) is 7.66. The van der Waals surface area contributed by atoms with Crippen LogP contribution in [-0.2, 0) is 0 Å². The maximum absolute atomic E-state index is 12.9. The molecule has 9 nitrogen and oxygen atoms in total. The largest absolute Gasteiger partial charge is 0.573 e. The van der Waals surface area contributed by atoms with E-state index in [1.807, 2.05) is 6.92 Å². The van der Waals surface area contributed by atoms with Crippen LogP contribution < -0.4 is 15.0 Å². The number of rotatable bonds is 6. The van der Waals surface area contributed by atoms with E-state index in [1.54, 1.807) is 11.9 Å². The van der Waals surface area contributed by atoms with Crippen molar-refractivity contribution in [3.05, 3.63) is 47.4 Å². The third-order valence-corrected chi connectivity index (χ3v) is 7.24. The molecule has 1 N–H and O–H groups in total. The molecule has 1 atom stereocenters. The number of anilines is 1. The molecule has 4 rings (SSSR count). The maximum atomic E-state index is 12.9. The van der Waals surface area contributed by atoms with Crippen molar-refractivity contribution in [2.24, 2.45) is 0 Å². The number of halogens is 3. The van der Waals surface area contributed by atoms with Crippen molar-refractivity contribution in [2.75, 3.05) is 44.7 Å². The lowest BCUT2D eigenvalue weighted by atomic mass is 9.97. The number of alkyl halides is 3. The summed E-state index contributed by atoms with van der Waals surface area (Å²) in [4.78, 5) is 40.3. The van der Waals surface area contributed by atoms with Crippen molar-refractivity contribution < 1.29 is 27.5 Å². The molecule has 0 bridgehead atoms. The predicted molar refractivity (Wildman–Crippen MR) is 135 cm³/mol. The Labute approximate surface area is 220 Å². The normalized spacial score (nSPS) is 19.4. The van der Waals surface area contributed by atoms with E-state index >= 15 is 0 Å². The monoisotopic (exact) mass is 534 g/mol. The van der Waals surface area contributed by atoms with Gasteiger partial charge in [0.2, 0.25) is 0 Å². The van der Waals surface area contributed by atoms with E-state index in [4.69, 9.17) is 0 Å². The molecular weight excluding hydrogens is 501 g/mol. The lowest BCUT2D eigenvalue weighted by molar-refractivity contribution is -0.274. The predicted octanol–water partition coefficient (Wildman–Crippen LogP) is 3.25. The van der Waals surface area contributed by atoms with Crippen LogP contribution >= 0.6 is 0 Å². The molecule has 2 aliphatic heterocycles. The summed E-state index contributed by atoms with van der Waals surface area (Å²) in [7, 11) is 1.56. The summed E-state index contributed by atoms with van der Waals surface area (Å²) in [6.07, 6.45) is -0.629. The van der Waals surface area contributed by atoms with E-state index in [0.29, 0.717) is 36.4 Å². The Balaban J connectivity index is 1.33. The Hall–Kier alpha value is -3.41. The van der Waals surface area contributed by atoms with E-state index in [-0.39, 0.29) is 17.6 Å². The molecule has 12 heteroatoms. The third-order valence-electron chi connectivity index (χ3n) is 7.24. The highest BCUT2D eigenvalue weighted by Crippen LogP contribution is 2.28. The minimum atomic E-state index is -4.76. The number of nitrogens with zero attached hydrogens (tertiary/aromatic N) is 5. The fourth-order valence-corrected chi connectivity index (χ4v) is 5.31. The molecule has 2 amide bonds. The highest BCUT2D eigenvalue weighted by molar-refractivity contribution is 5.94. The van der Waals surface area contributed by atoms with E-state index < -0.39 is 6.36 Å². The van der Waals surface area contributed by atoms with Gasteiger partial charge in [0.05, 0.1) is 11.9 Å². The number of ether oxygens (including phenoxy) is 1. The minimum Gasteiger partial charge on any atom is -0.406 e. The van der Waals surface area contributed by atoms with E-state index in [1.165, 1.54) is 18.3 Å². The third kappa shape index (κ3) is 6.35. The molecular formula is C26H33F3N6O3. The van der Waals surface area contributed by atoms with Crippen LogP contribution in [0.5, 0.6) is 5.75 Å². The van der Waals surface area contributed by atoms with Gasteiger partial charge in [-0.3, -0.25) is 14.5 Å². The van der Waals surface area contributed by atoms with Crippen LogP contribution in [0.2, 0.25) is 0 Å². The van der Waals surface area contributed by atoms with Gasteiger partial charge in [-0.15, -0.1) is 13.2 Å². The van der Waals surface area contributed by atoms with Crippen molar-refractivity contribution >= 4 is 17.6 Å². The molecule has 0 aliphatic carbocycles. The standard InChI is InChI=1S/C26H33F3N6O3/c1-4-19-16-34(23-17(2)32-22(15-31-23)24(36)30-3)13-14-35(19)20-9-11-33(12-10-20)25(37)18-5-7-21(8-6-18)38-26(27,28)29/h5-8,15,19-20H,4,9-14,16H2,1-3H3,(H,30,36)/t19-/m0/s1. The topological polar surface area (TPSA) is 90.9 Å². The molecule has 0 unspecified atom stereocenters. The zero-order valence-corrected chi connectivity index (χ0v) is 21.8. The van der Waals surface area contributed by atoms with Crippen LogP contribution in [0.4, 0.5) is 19.0 Å². The molecule has 2 aliphatic rings. The summed E-state index contributed by atoms with van der Waals surface area (Å²) >= 11 is 0. The molecule has 3 heterocycles. The number of carbonyl (C=O) groups excluding carboxylic acids is 2. The highest BCUT2D eigenvalue weighted by Gasteiger charge is 2.35. The Morgan fingerprint density at radius 3 is 2.37 bits per heavy atom. The first-order valence-corrected chi connectivity index (χ1v) is 12.8. The highest BCUT2D eigenvalue weighted by atomic mass is 19.4. The number of hydrogen-bond acceptors (Lipinski definition) is 7. The fraction of sp³-hybridized carbons (Fsp3) is 0.538.